The molecule has 1 aliphatic carbocycles. The molecule has 13 heavy (non-hydrogen) atoms. The van der Waals surface area contributed by atoms with Crippen molar-refractivity contribution >= 4 is 5.78 Å². The molecule has 0 spiro atoms. The van der Waals surface area contributed by atoms with E-state index in [0.717, 1.165) is 37.0 Å². The summed E-state index contributed by atoms with van der Waals surface area (Å²) in [6.07, 6.45) is 3.93. The molecular formula is C10H14O3. The first-order chi connectivity index (χ1) is 6.31. The highest BCUT2D eigenvalue weighted by Gasteiger charge is 2.28. The van der Waals surface area contributed by atoms with Crippen molar-refractivity contribution < 1.29 is 14.6 Å². The number of aliphatic hydroxyl groups excluding tert-OH is 1. The second kappa shape index (κ2) is 3.50. The summed E-state index contributed by atoms with van der Waals surface area (Å²) >= 11 is 0. The smallest absolute Gasteiger partial charge is 0.162 e. The van der Waals surface area contributed by atoms with E-state index in [1.54, 1.807) is 0 Å². The van der Waals surface area contributed by atoms with E-state index in [1.807, 2.05) is 0 Å². The highest BCUT2D eigenvalue weighted by atomic mass is 16.5. The van der Waals surface area contributed by atoms with Crippen molar-refractivity contribution in [2.75, 3.05) is 6.61 Å². The van der Waals surface area contributed by atoms with Crippen LogP contribution in [-0.2, 0) is 9.53 Å². The predicted molar refractivity (Wildman–Crippen MR) is 47.1 cm³/mol. The van der Waals surface area contributed by atoms with E-state index < -0.39 is 0 Å². The molecule has 2 rings (SSSR count). The van der Waals surface area contributed by atoms with Gasteiger partial charge in [0.25, 0.3) is 0 Å². The third-order valence-corrected chi connectivity index (χ3v) is 2.71. The van der Waals surface area contributed by atoms with Gasteiger partial charge in [-0.2, -0.15) is 0 Å². The number of hydrogen-bond donors (Lipinski definition) is 1. The van der Waals surface area contributed by atoms with E-state index in [-0.39, 0.29) is 18.5 Å². The minimum absolute atomic E-state index is 0.0605. The summed E-state index contributed by atoms with van der Waals surface area (Å²) in [7, 11) is 0. The molecule has 2 aliphatic rings. The topological polar surface area (TPSA) is 46.5 Å². The van der Waals surface area contributed by atoms with Crippen LogP contribution in [0.1, 0.15) is 32.1 Å². The first-order valence-electron chi connectivity index (χ1n) is 4.84. The van der Waals surface area contributed by atoms with E-state index in [1.165, 1.54) is 0 Å². The minimum atomic E-state index is -0.0790. The molecule has 72 valence electrons. The van der Waals surface area contributed by atoms with Gasteiger partial charge in [-0.05, 0) is 19.3 Å². The van der Waals surface area contributed by atoms with Gasteiger partial charge in [0, 0.05) is 18.4 Å². The van der Waals surface area contributed by atoms with Gasteiger partial charge in [0.1, 0.15) is 11.9 Å². The van der Waals surface area contributed by atoms with E-state index >= 15 is 0 Å². The molecule has 0 fully saturated rings. The summed E-state index contributed by atoms with van der Waals surface area (Å²) in [4.78, 5) is 11.4. The van der Waals surface area contributed by atoms with Gasteiger partial charge in [0.05, 0.1) is 6.61 Å². The van der Waals surface area contributed by atoms with Gasteiger partial charge in [-0.15, -0.1) is 0 Å². The average Bonchev–Trinajstić information content (AvgIpc) is 2.18. The molecule has 3 nitrogen and oxygen atoms in total. The van der Waals surface area contributed by atoms with Crippen LogP contribution in [0.2, 0.25) is 0 Å². The van der Waals surface area contributed by atoms with E-state index in [2.05, 4.69) is 0 Å². The molecule has 0 bridgehead atoms. The molecule has 0 unspecified atom stereocenters. The quantitative estimate of drug-likeness (QED) is 0.662. The van der Waals surface area contributed by atoms with Crippen molar-refractivity contribution in [2.24, 2.45) is 0 Å². The first-order valence-corrected chi connectivity index (χ1v) is 4.84. The number of hydrogen-bond acceptors (Lipinski definition) is 3. The molecule has 3 heteroatoms. The second-order valence-corrected chi connectivity index (χ2v) is 3.64. The van der Waals surface area contributed by atoms with Crippen LogP contribution < -0.4 is 0 Å². The van der Waals surface area contributed by atoms with Gasteiger partial charge in [-0.3, -0.25) is 4.79 Å². The number of ether oxygens (including phenoxy) is 1. The Morgan fingerprint density at radius 2 is 2.23 bits per heavy atom. The lowest BCUT2D eigenvalue weighted by Crippen LogP contribution is -2.27. The molecule has 1 atom stereocenters. The highest BCUT2D eigenvalue weighted by molar-refractivity contribution is 5.96. The summed E-state index contributed by atoms with van der Waals surface area (Å²) < 4.78 is 5.52. The Hall–Kier alpha value is -0.830. The van der Waals surface area contributed by atoms with E-state index in [0.29, 0.717) is 6.42 Å². The maximum Gasteiger partial charge on any atom is 0.162 e. The van der Waals surface area contributed by atoms with Crippen LogP contribution in [0.3, 0.4) is 0 Å². The molecule has 1 aliphatic heterocycles. The number of aliphatic hydroxyl groups is 1. The van der Waals surface area contributed by atoms with Crippen LogP contribution in [0.4, 0.5) is 0 Å². The summed E-state index contributed by atoms with van der Waals surface area (Å²) in [6.45, 7) is 0.0605. The molecular weight excluding hydrogens is 168 g/mol. The molecule has 1 N–H and O–H groups in total. The fraction of sp³-hybridized carbons (Fsp3) is 0.700. The third-order valence-electron chi connectivity index (χ3n) is 2.71. The summed E-state index contributed by atoms with van der Waals surface area (Å²) in [5.41, 5.74) is 0.885. The molecule has 0 amide bonds. The Bertz CT molecular complexity index is 255. The van der Waals surface area contributed by atoms with Gasteiger partial charge in [0.2, 0.25) is 0 Å². The number of carbonyl (C=O) groups excluding carboxylic acids is 1. The summed E-state index contributed by atoms with van der Waals surface area (Å²) in [5.74, 6) is 1.10. The Balaban J connectivity index is 2.16. The largest absolute Gasteiger partial charge is 0.492 e. The fourth-order valence-corrected chi connectivity index (χ4v) is 1.97. The van der Waals surface area contributed by atoms with Crippen molar-refractivity contribution in [3.63, 3.8) is 0 Å². The SMILES string of the molecule is O=C1CCCC2=C1CC[C@@H](CO)O2. The molecule has 0 aromatic carbocycles. The maximum absolute atomic E-state index is 11.4. The monoisotopic (exact) mass is 182 g/mol. The fourth-order valence-electron chi connectivity index (χ4n) is 1.97. The second-order valence-electron chi connectivity index (χ2n) is 3.64. The number of carbonyl (C=O) groups is 1. The van der Waals surface area contributed by atoms with Gasteiger partial charge >= 0.3 is 0 Å². The lowest BCUT2D eigenvalue weighted by molar-refractivity contribution is -0.117. The van der Waals surface area contributed by atoms with E-state index in [4.69, 9.17) is 9.84 Å². The van der Waals surface area contributed by atoms with Gasteiger partial charge in [-0.1, -0.05) is 0 Å². The van der Waals surface area contributed by atoms with Crippen LogP contribution in [0.5, 0.6) is 0 Å². The maximum atomic E-state index is 11.4. The first kappa shape index (κ1) is 8.75. The molecule has 0 saturated heterocycles. The third kappa shape index (κ3) is 1.61. The van der Waals surface area contributed by atoms with Crippen molar-refractivity contribution in [2.45, 2.75) is 38.2 Å². The molecule has 0 aromatic rings. The minimum Gasteiger partial charge on any atom is -0.492 e. The zero-order valence-corrected chi connectivity index (χ0v) is 7.58. The summed E-state index contributed by atoms with van der Waals surface area (Å²) in [5, 5.41) is 8.91. The summed E-state index contributed by atoms with van der Waals surface area (Å²) in [6, 6.07) is 0. The van der Waals surface area contributed by atoms with Crippen LogP contribution in [-0.4, -0.2) is 23.6 Å². The van der Waals surface area contributed by atoms with Gasteiger partial charge < -0.3 is 9.84 Å². The van der Waals surface area contributed by atoms with Crippen LogP contribution in [0, 0.1) is 0 Å². The lowest BCUT2D eigenvalue weighted by atomic mass is 9.90. The average molecular weight is 182 g/mol. The van der Waals surface area contributed by atoms with Crippen molar-refractivity contribution in [1.29, 1.82) is 0 Å². The number of ketones is 1. The lowest BCUT2D eigenvalue weighted by Gasteiger charge is -2.29. The number of Topliss-reactive ketones (excluding diaryl/α,β-unsaturated/α-hetero) is 1. The molecule has 0 saturated carbocycles. The normalized spacial score (nSPS) is 28.4. The van der Waals surface area contributed by atoms with E-state index in [9.17, 15) is 4.79 Å². The predicted octanol–water partition coefficient (Wildman–Crippen LogP) is 1.16. The zero-order chi connectivity index (χ0) is 9.26. The zero-order valence-electron chi connectivity index (χ0n) is 7.58. The molecule has 0 radical (unpaired) electrons. The van der Waals surface area contributed by atoms with Gasteiger partial charge in [0.15, 0.2) is 5.78 Å². The molecule has 0 aromatic heterocycles. The molecule has 1 heterocycles. The van der Waals surface area contributed by atoms with Crippen LogP contribution in [0.25, 0.3) is 0 Å². The van der Waals surface area contributed by atoms with Crippen molar-refractivity contribution in [3.05, 3.63) is 11.3 Å². The van der Waals surface area contributed by atoms with Crippen LogP contribution in [0.15, 0.2) is 11.3 Å². The highest BCUT2D eigenvalue weighted by Crippen LogP contribution is 2.32. The van der Waals surface area contributed by atoms with Crippen molar-refractivity contribution in [1.82, 2.24) is 0 Å². The number of rotatable bonds is 1. The van der Waals surface area contributed by atoms with Gasteiger partial charge in [-0.25, -0.2) is 0 Å². The van der Waals surface area contributed by atoms with Crippen LogP contribution >= 0.6 is 0 Å². The Kier molecular flexibility index (Phi) is 2.36. The Morgan fingerprint density at radius 3 is 3.00 bits per heavy atom. The Morgan fingerprint density at radius 1 is 1.38 bits per heavy atom. The standard InChI is InChI=1S/C10H14O3/c11-6-7-4-5-8-9(12)2-1-3-10(8)13-7/h7,11H,1-6H2/t7-/m0/s1. The Labute approximate surface area is 77.4 Å². The van der Waals surface area contributed by atoms with Crippen molar-refractivity contribution in [3.8, 4) is 0 Å². The number of allylic oxidation sites excluding steroid dienone is 2.